The molecule has 0 radical (unpaired) electrons. The summed E-state index contributed by atoms with van der Waals surface area (Å²) in [5.74, 6) is 0. The van der Waals surface area contributed by atoms with Crippen LogP contribution in [0.5, 0.6) is 0 Å². The molecular weight excluding hydrogens is 204 g/mol. The predicted molar refractivity (Wildman–Crippen MR) is 9.76 cm³/mol. The molecule has 0 saturated heterocycles. The SMILES string of the molecule is O=[NH+][O-].[K+].[O]=[Mn](=[O])(=[O])[O-]. The summed E-state index contributed by atoms with van der Waals surface area (Å²) in [6, 6.07) is 0. The van der Waals surface area contributed by atoms with Crippen LogP contribution in [-0.4, -0.2) is 0 Å². The van der Waals surface area contributed by atoms with E-state index in [-0.39, 0.29) is 56.7 Å². The minimum atomic E-state index is -5.62. The van der Waals surface area contributed by atoms with E-state index < -0.39 is 13.0 Å². The molecule has 0 aliphatic rings. The van der Waals surface area contributed by atoms with Gasteiger partial charge >= 0.3 is 80.0 Å². The number of hydrogen-bond acceptors (Lipinski definition) is 6. The van der Waals surface area contributed by atoms with Gasteiger partial charge in [0.2, 0.25) is 0 Å². The first-order valence-electron chi connectivity index (χ1n) is 1.03. The molecular formula is HKMnNO6. The topological polar surface area (TPSA) is 128 Å². The van der Waals surface area contributed by atoms with E-state index in [1.165, 1.54) is 0 Å². The summed E-state index contributed by atoms with van der Waals surface area (Å²) in [5.41, 5.74) is 0. The Hall–Kier alpha value is 0.916. The number of nitrogens with one attached hydrogen (secondary N) is 1. The van der Waals surface area contributed by atoms with Crippen molar-refractivity contribution >= 4 is 0 Å². The molecule has 0 heterocycles. The van der Waals surface area contributed by atoms with Crippen LogP contribution in [0.25, 0.3) is 0 Å². The van der Waals surface area contributed by atoms with Gasteiger partial charge in [-0.1, -0.05) is 0 Å². The second-order valence-corrected chi connectivity index (χ2v) is 1.64. The van der Waals surface area contributed by atoms with Gasteiger partial charge in [0.15, 0.2) is 0 Å². The van der Waals surface area contributed by atoms with E-state index in [9.17, 15) is 0 Å². The molecule has 0 aromatic carbocycles. The first-order valence-corrected chi connectivity index (χ1v) is 2.95. The first kappa shape index (κ1) is 16.5. The maximum atomic E-state index is 8.58. The molecule has 9 heteroatoms. The fourth-order valence-corrected chi connectivity index (χ4v) is 0. The molecule has 0 amide bonds. The van der Waals surface area contributed by atoms with Crippen molar-refractivity contribution < 1.29 is 85.4 Å². The molecule has 0 fully saturated rings. The molecule has 1 N–H and O–H groups in total. The van der Waals surface area contributed by atoms with Crippen LogP contribution in [0.15, 0.2) is 0 Å². The second kappa shape index (κ2) is 8.92. The molecule has 50 valence electrons. The van der Waals surface area contributed by atoms with Gasteiger partial charge in [-0.3, -0.25) is 10.1 Å². The molecule has 0 bridgehead atoms. The normalized spacial score (nSPS) is 7.67. The van der Waals surface area contributed by atoms with Gasteiger partial charge in [-0.05, 0) is 0 Å². The summed E-state index contributed by atoms with van der Waals surface area (Å²) in [6.07, 6.45) is 0. The van der Waals surface area contributed by atoms with E-state index in [2.05, 4.69) is 0 Å². The minimum absolute atomic E-state index is 0. The van der Waals surface area contributed by atoms with Crippen molar-refractivity contribution in [1.82, 2.24) is 0 Å². The molecule has 0 spiro atoms. The van der Waals surface area contributed by atoms with Crippen LogP contribution in [-0.2, 0) is 24.5 Å². The number of hydrogen-bond donors (Lipinski definition) is 1. The van der Waals surface area contributed by atoms with Crippen molar-refractivity contribution in [3.8, 4) is 0 Å². The van der Waals surface area contributed by atoms with E-state index in [0.29, 0.717) is 0 Å². The van der Waals surface area contributed by atoms with Crippen molar-refractivity contribution in [3.05, 3.63) is 10.1 Å². The Morgan fingerprint density at radius 1 is 1.22 bits per heavy atom. The van der Waals surface area contributed by atoms with Gasteiger partial charge in [0.25, 0.3) is 0 Å². The molecule has 7 nitrogen and oxygen atoms in total. The Kier molecular flexibility index (Phi) is 16.3. The Morgan fingerprint density at radius 2 is 1.22 bits per heavy atom. The van der Waals surface area contributed by atoms with Crippen LogP contribution in [0.3, 0.4) is 0 Å². The molecule has 0 saturated carbocycles. The average Bonchev–Trinajstić information content (AvgIpc) is 1.27. The third-order valence-electron chi connectivity index (χ3n) is 0. The van der Waals surface area contributed by atoms with Gasteiger partial charge in [-0.15, -0.1) is 0 Å². The Bertz CT molecular complexity index is 168. The zero-order valence-corrected chi connectivity index (χ0v) is 8.63. The zero-order valence-electron chi connectivity index (χ0n) is 4.33. The van der Waals surface area contributed by atoms with E-state index >= 15 is 0 Å². The van der Waals surface area contributed by atoms with Crippen LogP contribution in [0.1, 0.15) is 0 Å². The fraction of sp³-hybridized carbons (Fsp3) is 0. The Labute approximate surface area is 93.9 Å². The molecule has 0 unspecified atom stereocenters. The third kappa shape index (κ3) is 508. The van der Waals surface area contributed by atoms with Gasteiger partial charge in [-0.25, -0.2) is 0 Å². The summed E-state index contributed by atoms with van der Waals surface area (Å²) in [5, 5.41) is 8.38. The van der Waals surface area contributed by atoms with Crippen molar-refractivity contribution in [2.24, 2.45) is 0 Å². The van der Waals surface area contributed by atoms with E-state index in [4.69, 9.17) is 25.8 Å². The summed E-state index contributed by atoms with van der Waals surface area (Å²) >= 11 is -5.62. The quantitative estimate of drug-likeness (QED) is 0.238. The molecule has 0 atom stereocenters. The molecule has 0 aliphatic heterocycles. The summed E-state index contributed by atoms with van der Waals surface area (Å²) < 4.78 is 34.3. The third-order valence-corrected chi connectivity index (χ3v) is 0. The monoisotopic (exact) mass is 205 g/mol. The average molecular weight is 205 g/mol. The maximum absolute atomic E-state index is 8.58. The van der Waals surface area contributed by atoms with Gasteiger partial charge in [0.05, 0.1) is 0 Å². The van der Waals surface area contributed by atoms with Gasteiger partial charge in [-0.2, -0.15) is 0 Å². The summed E-state index contributed by atoms with van der Waals surface area (Å²) in [7, 11) is 0. The van der Waals surface area contributed by atoms with Crippen LogP contribution in [0, 0.1) is 10.1 Å². The Balaban J connectivity index is -0.0000000800. The fourth-order valence-electron chi connectivity index (χ4n) is 0. The molecule has 0 aliphatic carbocycles. The van der Waals surface area contributed by atoms with Crippen molar-refractivity contribution in [2.45, 2.75) is 0 Å². The number of rotatable bonds is 0. The molecule has 0 aromatic rings. The summed E-state index contributed by atoms with van der Waals surface area (Å²) in [4.78, 5) is 8.12. The standard InChI is InChI=1S/K.Mn.HNO2.4O/c;;2-1-3;;;;/h;;1H;;;;/q+1;;;;;;-1. The van der Waals surface area contributed by atoms with Gasteiger partial charge in [0, 0.05) is 5.34 Å². The van der Waals surface area contributed by atoms with E-state index in [1.807, 2.05) is 0 Å². The van der Waals surface area contributed by atoms with Crippen LogP contribution >= 0.6 is 0 Å². The van der Waals surface area contributed by atoms with Crippen molar-refractivity contribution in [3.63, 3.8) is 0 Å². The van der Waals surface area contributed by atoms with Crippen LogP contribution < -0.4 is 60.9 Å². The van der Waals surface area contributed by atoms with Crippen LogP contribution in [0.4, 0.5) is 0 Å². The van der Waals surface area contributed by atoms with Gasteiger partial charge in [0.1, 0.15) is 0 Å². The first-order chi connectivity index (χ1) is 3.41. The van der Waals surface area contributed by atoms with Crippen molar-refractivity contribution in [2.75, 3.05) is 0 Å². The molecule has 0 aromatic heterocycles. The molecule has 9 heavy (non-hydrogen) atoms. The Morgan fingerprint density at radius 3 is 1.22 bits per heavy atom. The van der Waals surface area contributed by atoms with E-state index in [0.717, 1.165) is 0 Å². The van der Waals surface area contributed by atoms with Gasteiger partial charge < -0.3 is 0 Å². The predicted octanol–water partition coefficient (Wildman–Crippen LogP) is -6.21. The van der Waals surface area contributed by atoms with Crippen molar-refractivity contribution in [1.29, 1.82) is 0 Å². The summed E-state index contributed by atoms with van der Waals surface area (Å²) in [6.45, 7) is 0. The van der Waals surface area contributed by atoms with Crippen LogP contribution in [0.2, 0.25) is 0 Å². The zero-order chi connectivity index (χ0) is 7.21. The second-order valence-electron chi connectivity index (χ2n) is 0.461. The van der Waals surface area contributed by atoms with E-state index in [1.54, 1.807) is 0 Å². The molecule has 0 rings (SSSR count).